The van der Waals surface area contributed by atoms with Gasteiger partial charge in [-0.2, -0.15) is 0 Å². The molecule has 15 heavy (non-hydrogen) atoms. The molecule has 0 spiro atoms. The predicted octanol–water partition coefficient (Wildman–Crippen LogP) is 2.88. The standard InChI is InChI=1S/C13H30N2/c1-8-11(3)15(7)12(9-2)10-14-13(4,5)6/h11-12,14H,8-10H2,1-7H3. The van der Waals surface area contributed by atoms with Crippen molar-refractivity contribution >= 4 is 0 Å². The summed E-state index contributed by atoms with van der Waals surface area (Å²) >= 11 is 0. The number of rotatable bonds is 6. The first-order valence-electron chi connectivity index (χ1n) is 6.28. The molecule has 0 fully saturated rings. The van der Waals surface area contributed by atoms with Gasteiger partial charge in [0.2, 0.25) is 0 Å². The average Bonchev–Trinajstić information content (AvgIpc) is 2.15. The van der Waals surface area contributed by atoms with Crippen LogP contribution in [0.4, 0.5) is 0 Å². The van der Waals surface area contributed by atoms with Crippen molar-refractivity contribution in [3.8, 4) is 0 Å². The van der Waals surface area contributed by atoms with Crippen LogP contribution in [0.5, 0.6) is 0 Å². The maximum Gasteiger partial charge on any atom is 0.0217 e. The van der Waals surface area contributed by atoms with Crippen LogP contribution in [0.2, 0.25) is 0 Å². The normalized spacial score (nSPS) is 16.8. The Morgan fingerprint density at radius 3 is 2.00 bits per heavy atom. The molecule has 2 atom stereocenters. The SMILES string of the molecule is CCC(C)N(C)C(CC)CNC(C)(C)C. The summed E-state index contributed by atoms with van der Waals surface area (Å²) in [5.41, 5.74) is 0.226. The molecule has 0 aromatic rings. The third-order valence-electron chi connectivity index (χ3n) is 3.20. The molecule has 0 aliphatic rings. The molecule has 92 valence electrons. The van der Waals surface area contributed by atoms with E-state index in [1.54, 1.807) is 0 Å². The fourth-order valence-electron chi connectivity index (χ4n) is 1.65. The molecule has 0 heterocycles. The van der Waals surface area contributed by atoms with Gasteiger partial charge in [-0.05, 0) is 47.6 Å². The Hall–Kier alpha value is -0.0800. The molecule has 0 aromatic heterocycles. The minimum Gasteiger partial charge on any atom is -0.311 e. The first-order valence-corrected chi connectivity index (χ1v) is 6.28. The fraction of sp³-hybridized carbons (Fsp3) is 1.00. The molecule has 0 rings (SSSR count). The topological polar surface area (TPSA) is 15.3 Å². The quantitative estimate of drug-likeness (QED) is 0.731. The molecular weight excluding hydrogens is 184 g/mol. The zero-order valence-corrected chi connectivity index (χ0v) is 11.7. The molecular formula is C13H30N2. The van der Waals surface area contributed by atoms with Crippen LogP contribution < -0.4 is 5.32 Å². The van der Waals surface area contributed by atoms with Crippen molar-refractivity contribution in [1.29, 1.82) is 0 Å². The Morgan fingerprint density at radius 2 is 1.67 bits per heavy atom. The molecule has 2 heteroatoms. The highest BCUT2D eigenvalue weighted by atomic mass is 15.2. The number of nitrogens with one attached hydrogen (secondary N) is 1. The zero-order valence-electron chi connectivity index (χ0n) is 11.7. The van der Waals surface area contributed by atoms with Crippen molar-refractivity contribution in [3.63, 3.8) is 0 Å². The van der Waals surface area contributed by atoms with E-state index in [2.05, 4.69) is 58.8 Å². The third-order valence-corrected chi connectivity index (χ3v) is 3.20. The van der Waals surface area contributed by atoms with Gasteiger partial charge in [0.05, 0.1) is 0 Å². The van der Waals surface area contributed by atoms with E-state index in [1.165, 1.54) is 12.8 Å². The van der Waals surface area contributed by atoms with Gasteiger partial charge in [-0.15, -0.1) is 0 Å². The molecule has 0 aromatic carbocycles. The van der Waals surface area contributed by atoms with Crippen LogP contribution in [-0.4, -0.2) is 36.1 Å². The summed E-state index contributed by atoms with van der Waals surface area (Å²) in [5.74, 6) is 0. The predicted molar refractivity (Wildman–Crippen MR) is 69.4 cm³/mol. The smallest absolute Gasteiger partial charge is 0.0217 e. The Bertz CT molecular complexity index is 160. The van der Waals surface area contributed by atoms with E-state index in [0.29, 0.717) is 12.1 Å². The monoisotopic (exact) mass is 214 g/mol. The largest absolute Gasteiger partial charge is 0.311 e. The summed E-state index contributed by atoms with van der Waals surface area (Å²) in [5, 5.41) is 3.59. The maximum atomic E-state index is 3.59. The number of nitrogens with zero attached hydrogens (tertiary/aromatic N) is 1. The van der Waals surface area contributed by atoms with Gasteiger partial charge in [0.15, 0.2) is 0 Å². The second kappa shape index (κ2) is 6.49. The minimum absolute atomic E-state index is 0.226. The van der Waals surface area contributed by atoms with Crippen LogP contribution in [0.15, 0.2) is 0 Å². The van der Waals surface area contributed by atoms with Crippen molar-refractivity contribution in [2.45, 2.75) is 72.0 Å². The van der Waals surface area contributed by atoms with Crippen molar-refractivity contribution < 1.29 is 0 Å². The van der Waals surface area contributed by atoms with Gasteiger partial charge in [-0.1, -0.05) is 13.8 Å². The van der Waals surface area contributed by atoms with Crippen LogP contribution in [0.3, 0.4) is 0 Å². The lowest BCUT2D eigenvalue weighted by Crippen LogP contribution is -2.48. The molecule has 0 aliphatic heterocycles. The summed E-state index contributed by atoms with van der Waals surface area (Å²) in [4.78, 5) is 2.50. The second-order valence-electron chi connectivity index (χ2n) is 5.62. The van der Waals surface area contributed by atoms with Gasteiger partial charge in [-0.3, -0.25) is 4.90 Å². The van der Waals surface area contributed by atoms with E-state index in [4.69, 9.17) is 0 Å². The van der Waals surface area contributed by atoms with E-state index in [1.807, 2.05) is 0 Å². The molecule has 0 radical (unpaired) electrons. The van der Waals surface area contributed by atoms with E-state index in [9.17, 15) is 0 Å². The summed E-state index contributed by atoms with van der Waals surface area (Å²) in [6.45, 7) is 14.6. The molecule has 0 saturated carbocycles. The molecule has 0 aliphatic carbocycles. The van der Waals surface area contributed by atoms with Crippen LogP contribution in [0.1, 0.15) is 54.4 Å². The van der Waals surface area contributed by atoms with Gasteiger partial charge in [0.25, 0.3) is 0 Å². The Kier molecular flexibility index (Phi) is 6.46. The summed E-state index contributed by atoms with van der Waals surface area (Å²) < 4.78 is 0. The highest BCUT2D eigenvalue weighted by molar-refractivity contribution is 4.78. The average molecular weight is 214 g/mol. The van der Waals surface area contributed by atoms with Gasteiger partial charge in [-0.25, -0.2) is 0 Å². The van der Waals surface area contributed by atoms with Crippen molar-refractivity contribution in [2.75, 3.05) is 13.6 Å². The van der Waals surface area contributed by atoms with Gasteiger partial charge >= 0.3 is 0 Å². The highest BCUT2D eigenvalue weighted by Gasteiger charge is 2.19. The molecule has 0 bridgehead atoms. The van der Waals surface area contributed by atoms with Crippen molar-refractivity contribution in [1.82, 2.24) is 10.2 Å². The first kappa shape index (κ1) is 14.9. The van der Waals surface area contributed by atoms with Crippen LogP contribution in [-0.2, 0) is 0 Å². The second-order valence-corrected chi connectivity index (χ2v) is 5.62. The van der Waals surface area contributed by atoms with Gasteiger partial charge in [0, 0.05) is 24.2 Å². The minimum atomic E-state index is 0.226. The van der Waals surface area contributed by atoms with Gasteiger partial charge < -0.3 is 5.32 Å². The van der Waals surface area contributed by atoms with Crippen LogP contribution in [0.25, 0.3) is 0 Å². The Balaban J connectivity index is 4.13. The van der Waals surface area contributed by atoms with Crippen molar-refractivity contribution in [2.24, 2.45) is 0 Å². The highest BCUT2D eigenvalue weighted by Crippen LogP contribution is 2.09. The van der Waals surface area contributed by atoms with Gasteiger partial charge in [0.1, 0.15) is 0 Å². The van der Waals surface area contributed by atoms with Crippen molar-refractivity contribution in [3.05, 3.63) is 0 Å². The molecule has 1 N–H and O–H groups in total. The van der Waals surface area contributed by atoms with Crippen LogP contribution in [0, 0.1) is 0 Å². The number of hydrogen-bond donors (Lipinski definition) is 1. The summed E-state index contributed by atoms with van der Waals surface area (Å²) in [6.07, 6.45) is 2.44. The summed E-state index contributed by atoms with van der Waals surface area (Å²) in [7, 11) is 2.24. The summed E-state index contributed by atoms with van der Waals surface area (Å²) in [6, 6.07) is 1.33. The fourth-order valence-corrected chi connectivity index (χ4v) is 1.65. The zero-order chi connectivity index (χ0) is 12.1. The molecule has 2 unspecified atom stereocenters. The van der Waals surface area contributed by atoms with E-state index in [0.717, 1.165) is 6.54 Å². The molecule has 2 nitrogen and oxygen atoms in total. The lowest BCUT2D eigenvalue weighted by atomic mass is 10.1. The third kappa shape index (κ3) is 6.16. The van der Waals surface area contributed by atoms with E-state index < -0.39 is 0 Å². The Morgan fingerprint density at radius 1 is 1.13 bits per heavy atom. The molecule has 0 saturated heterocycles. The Labute approximate surface area is 96.4 Å². The lowest BCUT2D eigenvalue weighted by Gasteiger charge is -2.34. The molecule has 0 amide bonds. The maximum absolute atomic E-state index is 3.59. The van der Waals surface area contributed by atoms with E-state index >= 15 is 0 Å². The number of likely N-dealkylation sites (N-methyl/N-ethyl adjacent to an activating group) is 1. The lowest BCUT2D eigenvalue weighted by molar-refractivity contribution is 0.163. The van der Waals surface area contributed by atoms with Crippen LogP contribution >= 0.6 is 0 Å². The first-order chi connectivity index (χ1) is 6.81. The number of hydrogen-bond acceptors (Lipinski definition) is 2. The van der Waals surface area contributed by atoms with E-state index in [-0.39, 0.29) is 5.54 Å².